The molecule has 2 atom stereocenters. The smallest absolute Gasteiger partial charge is 0.408 e. The Balaban J connectivity index is 3.40. The fraction of sp³-hybridized carbons (Fsp3) is 0.690. The van der Waals surface area contributed by atoms with Gasteiger partial charge >= 0.3 is 6.09 Å². The first-order valence-corrected chi connectivity index (χ1v) is 13.4. The van der Waals surface area contributed by atoms with E-state index in [2.05, 4.69) is 17.6 Å². The summed E-state index contributed by atoms with van der Waals surface area (Å²) >= 11 is 0. The van der Waals surface area contributed by atoms with Crippen molar-refractivity contribution in [1.29, 1.82) is 0 Å². The number of nitrogens with one attached hydrogen (secondary N) is 2. The molecule has 0 aliphatic heterocycles. The van der Waals surface area contributed by atoms with Gasteiger partial charge in [0.1, 0.15) is 17.7 Å². The van der Waals surface area contributed by atoms with Gasteiger partial charge in [-0.05, 0) is 59.4 Å². The molecule has 1 aromatic carbocycles. The Labute approximate surface area is 218 Å². The predicted octanol–water partition coefficient (Wildman–Crippen LogP) is 5.91. The van der Waals surface area contributed by atoms with Gasteiger partial charge in [0.25, 0.3) is 0 Å². The third-order valence-corrected chi connectivity index (χ3v) is 5.77. The summed E-state index contributed by atoms with van der Waals surface area (Å²) in [6.45, 7) is 17.5. The van der Waals surface area contributed by atoms with Crippen LogP contribution in [0.1, 0.15) is 105 Å². The number of hydrogen-bond acceptors (Lipinski definition) is 4. The minimum absolute atomic E-state index is 0.0762. The van der Waals surface area contributed by atoms with E-state index in [-0.39, 0.29) is 23.8 Å². The summed E-state index contributed by atoms with van der Waals surface area (Å²) in [4.78, 5) is 41.8. The SMILES string of the molecule is CCCCCCCN(C(=O)C(NC(=O)OC(C)(C)C)C(C)C)C(C(=O)NC(C)C)c1ccc(C)cc1. The van der Waals surface area contributed by atoms with Crippen LogP contribution in [0.2, 0.25) is 0 Å². The molecule has 7 nitrogen and oxygen atoms in total. The number of carbonyl (C=O) groups excluding carboxylic acids is 3. The summed E-state index contributed by atoms with van der Waals surface area (Å²) in [7, 11) is 0. The molecule has 1 aromatic rings. The highest BCUT2D eigenvalue weighted by Gasteiger charge is 2.37. The second-order valence-corrected chi connectivity index (χ2v) is 11.3. The maximum absolute atomic E-state index is 14.1. The van der Waals surface area contributed by atoms with Gasteiger partial charge in [0, 0.05) is 12.6 Å². The van der Waals surface area contributed by atoms with Crippen molar-refractivity contribution in [3.8, 4) is 0 Å². The maximum Gasteiger partial charge on any atom is 0.408 e. The molecule has 2 unspecified atom stereocenters. The topological polar surface area (TPSA) is 87.7 Å². The predicted molar refractivity (Wildman–Crippen MR) is 146 cm³/mol. The fourth-order valence-corrected chi connectivity index (χ4v) is 3.96. The highest BCUT2D eigenvalue weighted by molar-refractivity contribution is 5.92. The Morgan fingerprint density at radius 3 is 2.00 bits per heavy atom. The number of alkyl carbamates (subject to hydrolysis) is 1. The first-order chi connectivity index (χ1) is 16.8. The Morgan fingerprint density at radius 2 is 1.50 bits per heavy atom. The summed E-state index contributed by atoms with van der Waals surface area (Å²) in [5.41, 5.74) is 1.14. The number of nitrogens with zero attached hydrogens (tertiary/aromatic N) is 1. The number of unbranched alkanes of at least 4 members (excludes halogenated alkanes) is 4. The van der Waals surface area contributed by atoms with Crippen LogP contribution in [0.5, 0.6) is 0 Å². The molecule has 0 spiro atoms. The van der Waals surface area contributed by atoms with Gasteiger partial charge in [0.2, 0.25) is 11.8 Å². The lowest BCUT2D eigenvalue weighted by atomic mass is 9.97. The van der Waals surface area contributed by atoms with Gasteiger partial charge < -0.3 is 20.3 Å². The molecule has 0 aliphatic rings. The molecule has 1 rings (SSSR count). The van der Waals surface area contributed by atoms with Crippen LogP contribution in [0, 0.1) is 12.8 Å². The van der Waals surface area contributed by atoms with Gasteiger partial charge in [0.05, 0.1) is 0 Å². The average molecular weight is 504 g/mol. The van der Waals surface area contributed by atoms with Crippen LogP contribution in [0.25, 0.3) is 0 Å². The Bertz CT molecular complexity index is 828. The fourth-order valence-electron chi connectivity index (χ4n) is 3.96. The van der Waals surface area contributed by atoms with Crippen molar-refractivity contribution in [2.24, 2.45) is 5.92 Å². The van der Waals surface area contributed by atoms with E-state index in [1.165, 1.54) is 0 Å². The van der Waals surface area contributed by atoms with Crippen molar-refractivity contribution >= 4 is 17.9 Å². The molecule has 36 heavy (non-hydrogen) atoms. The molecular weight excluding hydrogens is 454 g/mol. The highest BCUT2D eigenvalue weighted by atomic mass is 16.6. The standard InChI is InChI=1S/C29H49N3O4/c1-10-11-12-13-14-19-32(27(34)24(20(2)3)31-28(35)36-29(7,8)9)25(26(33)30-21(4)5)23-17-15-22(6)16-18-23/h15-18,20-21,24-25H,10-14,19H2,1-9H3,(H,30,33)(H,31,35). The summed E-state index contributed by atoms with van der Waals surface area (Å²) < 4.78 is 5.43. The van der Waals surface area contributed by atoms with Gasteiger partial charge in [-0.25, -0.2) is 4.79 Å². The van der Waals surface area contributed by atoms with Crippen LogP contribution in [0.4, 0.5) is 4.79 Å². The summed E-state index contributed by atoms with van der Waals surface area (Å²) in [6.07, 6.45) is 4.45. The summed E-state index contributed by atoms with van der Waals surface area (Å²) in [5.74, 6) is -0.703. The first kappa shape index (κ1) is 31.5. The van der Waals surface area contributed by atoms with Crippen molar-refractivity contribution in [1.82, 2.24) is 15.5 Å². The monoisotopic (exact) mass is 503 g/mol. The molecule has 3 amide bonds. The minimum atomic E-state index is -0.824. The number of benzene rings is 1. The molecule has 0 bridgehead atoms. The number of aryl methyl sites for hydroxylation is 1. The molecule has 0 aliphatic carbocycles. The molecule has 7 heteroatoms. The Morgan fingerprint density at radius 1 is 0.917 bits per heavy atom. The van der Waals surface area contributed by atoms with Gasteiger partial charge in [-0.15, -0.1) is 0 Å². The second kappa shape index (κ2) is 14.9. The van der Waals surface area contributed by atoms with Gasteiger partial charge in [-0.1, -0.05) is 76.3 Å². The Kier molecular flexibility index (Phi) is 13.0. The molecule has 0 saturated carbocycles. The number of amides is 3. The first-order valence-electron chi connectivity index (χ1n) is 13.4. The molecule has 0 aromatic heterocycles. The normalized spacial score (nSPS) is 13.3. The summed E-state index contributed by atoms with van der Waals surface area (Å²) in [5, 5.41) is 5.77. The van der Waals surface area contributed by atoms with Gasteiger partial charge in [0.15, 0.2) is 0 Å². The maximum atomic E-state index is 14.1. The van der Waals surface area contributed by atoms with Gasteiger partial charge in [-0.2, -0.15) is 0 Å². The van der Waals surface area contributed by atoms with E-state index >= 15 is 0 Å². The highest BCUT2D eigenvalue weighted by Crippen LogP contribution is 2.25. The van der Waals surface area contributed by atoms with E-state index in [9.17, 15) is 14.4 Å². The van der Waals surface area contributed by atoms with Crippen LogP contribution in [0.15, 0.2) is 24.3 Å². The van der Waals surface area contributed by atoms with E-state index in [0.717, 1.165) is 43.2 Å². The van der Waals surface area contributed by atoms with Gasteiger partial charge in [-0.3, -0.25) is 9.59 Å². The lowest BCUT2D eigenvalue weighted by Gasteiger charge is -2.36. The zero-order valence-corrected chi connectivity index (χ0v) is 23.9. The average Bonchev–Trinajstić information content (AvgIpc) is 2.75. The second-order valence-electron chi connectivity index (χ2n) is 11.3. The molecule has 0 fully saturated rings. The largest absolute Gasteiger partial charge is 0.444 e. The lowest BCUT2D eigenvalue weighted by molar-refractivity contribution is -0.143. The number of hydrogen-bond donors (Lipinski definition) is 2. The minimum Gasteiger partial charge on any atom is -0.444 e. The van der Waals surface area contributed by atoms with Crippen LogP contribution in [0.3, 0.4) is 0 Å². The van der Waals surface area contributed by atoms with Crippen molar-refractivity contribution in [2.75, 3.05) is 6.54 Å². The molecule has 0 radical (unpaired) electrons. The van der Waals surface area contributed by atoms with E-state index in [1.807, 2.05) is 58.9 Å². The van der Waals surface area contributed by atoms with E-state index in [0.29, 0.717) is 6.54 Å². The van der Waals surface area contributed by atoms with Crippen molar-refractivity contribution in [2.45, 2.75) is 118 Å². The van der Waals surface area contributed by atoms with Crippen LogP contribution < -0.4 is 10.6 Å². The number of carbonyl (C=O) groups is 3. The lowest BCUT2D eigenvalue weighted by Crippen LogP contribution is -2.55. The third kappa shape index (κ3) is 11.0. The van der Waals surface area contributed by atoms with E-state index < -0.39 is 23.8 Å². The van der Waals surface area contributed by atoms with Crippen molar-refractivity contribution < 1.29 is 19.1 Å². The molecule has 204 valence electrons. The molecule has 0 saturated heterocycles. The molecule has 0 heterocycles. The van der Waals surface area contributed by atoms with Crippen molar-refractivity contribution in [3.63, 3.8) is 0 Å². The molecular formula is C29H49N3O4. The number of rotatable bonds is 13. The zero-order valence-electron chi connectivity index (χ0n) is 23.9. The van der Waals surface area contributed by atoms with E-state index in [4.69, 9.17) is 4.74 Å². The van der Waals surface area contributed by atoms with Crippen LogP contribution in [-0.2, 0) is 14.3 Å². The van der Waals surface area contributed by atoms with Crippen LogP contribution in [-0.4, -0.2) is 47.0 Å². The Hall–Kier alpha value is -2.57. The van der Waals surface area contributed by atoms with E-state index in [1.54, 1.807) is 25.7 Å². The summed E-state index contributed by atoms with van der Waals surface area (Å²) in [6, 6.07) is 6.02. The quantitative estimate of drug-likeness (QED) is 0.328. The molecule has 2 N–H and O–H groups in total. The zero-order chi connectivity index (χ0) is 27.5. The van der Waals surface area contributed by atoms with Crippen LogP contribution >= 0.6 is 0 Å². The van der Waals surface area contributed by atoms with Crippen molar-refractivity contribution in [3.05, 3.63) is 35.4 Å². The third-order valence-electron chi connectivity index (χ3n) is 5.77. The number of ether oxygens (including phenoxy) is 1.